The highest BCUT2D eigenvalue weighted by molar-refractivity contribution is 9.10. The third-order valence-corrected chi connectivity index (χ3v) is 3.33. The van der Waals surface area contributed by atoms with Crippen LogP contribution in [0, 0.1) is 0 Å². The lowest BCUT2D eigenvalue weighted by Crippen LogP contribution is -2.21. The molecule has 1 heterocycles. The molecule has 0 saturated carbocycles. The van der Waals surface area contributed by atoms with Crippen molar-refractivity contribution in [2.75, 3.05) is 24.4 Å². The van der Waals surface area contributed by atoms with Gasteiger partial charge in [0, 0.05) is 12.6 Å². The lowest BCUT2D eigenvalue weighted by Gasteiger charge is -2.12. The van der Waals surface area contributed by atoms with E-state index >= 15 is 0 Å². The van der Waals surface area contributed by atoms with Crippen LogP contribution in [0.1, 0.15) is 17.5 Å². The smallest absolute Gasteiger partial charge is 0.374 e. The Labute approximate surface area is 151 Å². The molecule has 2 N–H and O–H groups in total. The first-order valence-corrected chi connectivity index (χ1v) is 7.86. The number of hydrogen-bond donors (Lipinski definition) is 2. The largest absolute Gasteiger partial charge is 0.495 e. The number of esters is 1. The van der Waals surface area contributed by atoms with Crippen LogP contribution in [0.3, 0.4) is 0 Å². The van der Waals surface area contributed by atoms with Crippen molar-refractivity contribution < 1.29 is 28.3 Å². The number of carbonyl (C=O) groups excluding carboxylic acids is 3. The zero-order chi connectivity index (χ0) is 18.4. The summed E-state index contributed by atoms with van der Waals surface area (Å²) in [7, 11) is 1.44. The van der Waals surface area contributed by atoms with Crippen LogP contribution < -0.4 is 15.4 Å². The average molecular weight is 411 g/mol. The minimum atomic E-state index is -0.764. The molecule has 2 rings (SSSR count). The van der Waals surface area contributed by atoms with E-state index < -0.39 is 18.5 Å². The second-order valence-electron chi connectivity index (χ2n) is 4.82. The molecule has 0 spiro atoms. The van der Waals surface area contributed by atoms with Gasteiger partial charge < -0.3 is 24.5 Å². The predicted octanol–water partition coefficient (Wildman–Crippen LogP) is 2.80. The number of carbonyl (C=O) groups is 3. The number of furan rings is 1. The first-order chi connectivity index (χ1) is 11.9. The topological polar surface area (TPSA) is 107 Å². The monoisotopic (exact) mass is 410 g/mol. The molecule has 8 nitrogen and oxygen atoms in total. The predicted molar refractivity (Wildman–Crippen MR) is 92.6 cm³/mol. The van der Waals surface area contributed by atoms with Crippen molar-refractivity contribution in [3.63, 3.8) is 0 Å². The number of nitrogens with one attached hydrogen (secondary N) is 2. The maximum Gasteiger partial charge on any atom is 0.374 e. The molecule has 1 aromatic carbocycles. The molecule has 132 valence electrons. The molecule has 25 heavy (non-hydrogen) atoms. The van der Waals surface area contributed by atoms with E-state index in [1.165, 1.54) is 32.2 Å². The van der Waals surface area contributed by atoms with Gasteiger partial charge in [0.1, 0.15) is 5.75 Å². The molecule has 2 aromatic rings. The Balaban J connectivity index is 1.99. The lowest BCUT2D eigenvalue weighted by molar-refractivity contribution is -0.119. The van der Waals surface area contributed by atoms with Crippen molar-refractivity contribution in [2.45, 2.75) is 6.92 Å². The third kappa shape index (κ3) is 5.35. The van der Waals surface area contributed by atoms with Gasteiger partial charge >= 0.3 is 5.97 Å². The van der Waals surface area contributed by atoms with E-state index in [0.717, 1.165) is 0 Å². The molecule has 0 aliphatic carbocycles. The van der Waals surface area contributed by atoms with Crippen molar-refractivity contribution >= 4 is 45.1 Å². The Kier molecular flexibility index (Phi) is 6.18. The van der Waals surface area contributed by atoms with Crippen LogP contribution in [0.2, 0.25) is 0 Å². The van der Waals surface area contributed by atoms with Gasteiger partial charge in [-0.3, -0.25) is 9.59 Å². The fourth-order valence-electron chi connectivity index (χ4n) is 1.90. The number of methoxy groups -OCH3 is 1. The molecule has 9 heteroatoms. The molecule has 2 amide bonds. The molecule has 0 bridgehead atoms. The van der Waals surface area contributed by atoms with Crippen LogP contribution in [-0.2, 0) is 14.3 Å². The van der Waals surface area contributed by atoms with E-state index in [4.69, 9.17) is 13.9 Å². The molecule has 0 radical (unpaired) electrons. The van der Waals surface area contributed by atoms with E-state index in [2.05, 4.69) is 26.6 Å². The van der Waals surface area contributed by atoms with Gasteiger partial charge in [0.05, 0.1) is 12.8 Å². The van der Waals surface area contributed by atoms with Crippen molar-refractivity contribution in [1.82, 2.24) is 0 Å². The van der Waals surface area contributed by atoms with Gasteiger partial charge in [0.15, 0.2) is 11.3 Å². The van der Waals surface area contributed by atoms with Crippen LogP contribution in [0.5, 0.6) is 5.75 Å². The van der Waals surface area contributed by atoms with Gasteiger partial charge in [-0.15, -0.1) is 0 Å². The molecule has 0 saturated heterocycles. The van der Waals surface area contributed by atoms with Crippen LogP contribution in [0.4, 0.5) is 11.4 Å². The molecule has 0 aliphatic heterocycles. The van der Waals surface area contributed by atoms with E-state index in [9.17, 15) is 14.4 Å². The first-order valence-electron chi connectivity index (χ1n) is 7.07. The number of hydrogen-bond acceptors (Lipinski definition) is 6. The summed E-state index contributed by atoms with van der Waals surface area (Å²) in [6, 6.07) is 7.71. The normalized spacial score (nSPS) is 10.0. The molecular weight excluding hydrogens is 396 g/mol. The fraction of sp³-hybridized carbons (Fsp3) is 0.188. The van der Waals surface area contributed by atoms with Gasteiger partial charge in [0.25, 0.3) is 5.91 Å². The summed E-state index contributed by atoms with van der Waals surface area (Å²) in [6.45, 7) is 0.861. The highest BCUT2D eigenvalue weighted by Gasteiger charge is 2.15. The molecule has 0 aliphatic rings. The van der Waals surface area contributed by atoms with E-state index in [1.54, 1.807) is 12.1 Å². The highest BCUT2D eigenvalue weighted by atomic mass is 79.9. The number of rotatable bonds is 6. The summed E-state index contributed by atoms with van der Waals surface area (Å²) >= 11 is 3.07. The Morgan fingerprint density at radius 3 is 2.52 bits per heavy atom. The summed E-state index contributed by atoms with van der Waals surface area (Å²) in [5, 5.41) is 5.15. The minimum Gasteiger partial charge on any atom is -0.495 e. The molecule has 0 unspecified atom stereocenters. The second kappa shape index (κ2) is 8.34. The standard InChI is InChI=1S/C16H15BrN2O6/c1-9(20)18-10-3-4-12(23-2)11(7-10)19-15(21)8-24-16(22)13-5-6-14(17)25-13/h3-7H,8H2,1-2H3,(H,18,20)(H,19,21). The van der Waals surface area contributed by atoms with Gasteiger partial charge in [-0.25, -0.2) is 4.79 Å². The first kappa shape index (κ1) is 18.5. The molecule has 0 atom stereocenters. The summed E-state index contributed by atoms with van der Waals surface area (Å²) in [5.74, 6) is -1.22. The van der Waals surface area contributed by atoms with Crippen molar-refractivity contribution in [3.05, 3.63) is 40.8 Å². The summed E-state index contributed by atoms with van der Waals surface area (Å²) in [4.78, 5) is 34.8. The SMILES string of the molecule is COc1ccc(NC(C)=O)cc1NC(=O)COC(=O)c1ccc(Br)o1. The molecule has 1 aromatic heterocycles. The quantitative estimate of drug-likeness (QED) is 0.708. The Morgan fingerprint density at radius 2 is 1.92 bits per heavy atom. The summed E-state index contributed by atoms with van der Waals surface area (Å²) in [5.41, 5.74) is 0.816. The number of halogens is 1. The number of anilines is 2. The van der Waals surface area contributed by atoms with Crippen LogP contribution >= 0.6 is 15.9 Å². The van der Waals surface area contributed by atoms with Crippen molar-refractivity contribution in [2.24, 2.45) is 0 Å². The van der Waals surface area contributed by atoms with Gasteiger partial charge in [-0.1, -0.05) is 0 Å². The van der Waals surface area contributed by atoms with E-state index in [-0.39, 0.29) is 11.7 Å². The van der Waals surface area contributed by atoms with Gasteiger partial charge in [-0.2, -0.15) is 0 Å². The van der Waals surface area contributed by atoms with Gasteiger partial charge in [0.2, 0.25) is 11.7 Å². The third-order valence-electron chi connectivity index (χ3n) is 2.90. The summed E-state index contributed by atoms with van der Waals surface area (Å²) in [6.07, 6.45) is 0. The second-order valence-corrected chi connectivity index (χ2v) is 5.61. The maximum absolute atomic E-state index is 12.0. The lowest BCUT2D eigenvalue weighted by atomic mass is 10.2. The molecular formula is C16H15BrN2O6. The zero-order valence-corrected chi connectivity index (χ0v) is 15.0. The Hall–Kier alpha value is -2.81. The number of benzene rings is 1. The fourth-order valence-corrected chi connectivity index (χ4v) is 2.21. The van der Waals surface area contributed by atoms with Gasteiger partial charge in [-0.05, 0) is 46.3 Å². The minimum absolute atomic E-state index is 0.0232. The highest BCUT2D eigenvalue weighted by Crippen LogP contribution is 2.27. The van der Waals surface area contributed by atoms with Crippen LogP contribution in [0.25, 0.3) is 0 Å². The summed E-state index contributed by atoms with van der Waals surface area (Å²) < 4.78 is 15.4. The zero-order valence-electron chi connectivity index (χ0n) is 13.4. The Bertz CT molecular complexity index is 802. The van der Waals surface area contributed by atoms with Crippen LogP contribution in [-0.4, -0.2) is 31.5 Å². The van der Waals surface area contributed by atoms with Crippen molar-refractivity contribution in [3.8, 4) is 5.75 Å². The number of amides is 2. The van der Waals surface area contributed by atoms with E-state index in [1.807, 2.05) is 0 Å². The molecule has 0 fully saturated rings. The number of ether oxygens (including phenoxy) is 2. The average Bonchev–Trinajstić information content (AvgIpc) is 2.99. The van der Waals surface area contributed by atoms with Crippen molar-refractivity contribution in [1.29, 1.82) is 0 Å². The van der Waals surface area contributed by atoms with Crippen LogP contribution in [0.15, 0.2) is 39.4 Å². The Morgan fingerprint density at radius 1 is 1.16 bits per heavy atom. The van der Waals surface area contributed by atoms with E-state index in [0.29, 0.717) is 21.8 Å². The maximum atomic E-state index is 12.0.